The van der Waals surface area contributed by atoms with Crippen LogP contribution < -0.4 is 15.0 Å². The molecule has 1 spiro atoms. The molecule has 2 saturated heterocycles. The van der Waals surface area contributed by atoms with Gasteiger partial charge in [0, 0.05) is 25.8 Å². The Kier molecular flexibility index (Phi) is 8.38. The van der Waals surface area contributed by atoms with Crippen molar-refractivity contribution < 1.29 is 51.4 Å². The standard InChI is InChI=1S/C28H28F4N4O7/c1-15(2)21(33-22(37)19-14-18(8-9-20(19)29)43-28(30,31)32)23(38)35-12-10-27(11-13-35)25(41)34(3)26(42)36(27)17-6-4-16(5-7-17)24(39)40/h4-9,14-15,21H,10-13H2,1-3H3,(H,33,37)(H,39,40). The Morgan fingerprint density at radius 1 is 1.02 bits per heavy atom. The van der Waals surface area contributed by atoms with Crippen molar-refractivity contribution in [1.29, 1.82) is 0 Å². The molecule has 0 aliphatic carbocycles. The van der Waals surface area contributed by atoms with Gasteiger partial charge in [0.2, 0.25) is 5.91 Å². The molecule has 2 aliphatic heterocycles. The highest BCUT2D eigenvalue weighted by molar-refractivity contribution is 6.17. The molecule has 2 N–H and O–H groups in total. The minimum atomic E-state index is -5.06. The second-order valence-corrected chi connectivity index (χ2v) is 10.6. The molecule has 0 bridgehead atoms. The number of carboxylic acid groups (broad SMARTS) is 1. The van der Waals surface area contributed by atoms with Crippen LogP contribution in [0.2, 0.25) is 0 Å². The Morgan fingerprint density at radius 3 is 2.16 bits per heavy atom. The van der Waals surface area contributed by atoms with E-state index in [4.69, 9.17) is 0 Å². The van der Waals surface area contributed by atoms with Crippen LogP contribution in [0.1, 0.15) is 47.4 Å². The van der Waals surface area contributed by atoms with Crippen LogP contribution in [0.4, 0.5) is 28.0 Å². The Bertz CT molecular complexity index is 1450. The van der Waals surface area contributed by atoms with Crippen LogP contribution in [0.25, 0.3) is 0 Å². The monoisotopic (exact) mass is 608 g/mol. The number of carbonyl (C=O) groups excluding carboxylic acids is 4. The highest BCUT2D eigenvalue weighted by Gasteiger charge is 2.58. The second-order valence-electron chi connectivity index (χ2n) is 10.6. The third-order valence-electron chi connectivity index (χ3n) is 7.52. The van der Waals surface area contributed by atoms with Crippen molar-refractivity contribution in [2.24, 2.45) is 5.92 Å². The van der Waals surface area contributed by atoms with Gasteiger partial charge in [-0.3, -0.25) is 24.2 Å². The normalized spacial score (nSPS) is 17.4. The Balaban J connectivity index is 1.52. The van der Waals surface area contributed by atoms with Crippen molar-refractivity contribution in [2.75, 3.05) is 25.0 Å². The largest absolute Gasteiger partial charge is 0.573 e. The number of alkyl halides is 3. The van der Waals surface area contributed by atoms with E-state index in [0.717, 1.165) is 4.90 Å². The number of anilines is 1. The third-order valence-corrected chi connectivity index (χ3v) is 7.52. The van der Waals surface area contributed by atoms with Gasteiger partial charge in [-0.15, -0.1) is 13.2 Å². The molecule has 5 amide bonds. The van der Waals surface area contributed by atoms with Gasteiger partial charge in [0.15, 0.2) is 0 Å². The van der Waals surface area contributed by atoms with Gasteiger partial charge in [0.25, 0.3) is 11.8 Å². The van der Waals surface area contributed by atoms with Crippen LogP contribution >= 0.6 is 0 Å². The molecule has 1 atom stereocenters. The van der Waals surface area contributed by atoms with Gasteiger partial charge in [0.05, 0.1) is 11.1 Å². The summed E-state index contributed by atoms with van der Waals surface area (Å²) in [5, 5.41) is 11.6. The number of carbonyl (C=O) groups is 5. The smallest absolute Gasteiger partial charge is 0.478 e. The van der Waals surface area contributed by atoms with Crippen LogP contribution in [0.3, 0.4) is 0 Å². The van der Waals surface area contributed by atoms with Crippen LogP contribution in [-0.2, 0) is 9.59 Å². The summed E-state index contributed by atoms with van der Waals surface area (Å²) in [6, 6.07) is 5.59. The average molecular weight is 609 g/mol. The van der Waals surface area contributed by atoms with E-state index in [1.54, 1.807) is 13.8 Å². The molecule has 230 valence electrons. The summed E-state index contributed by atoms with van der Waals surface area (Å²) in [5.41, 5.74) is -1.80. The lowest BCUT2D eigenvalue weighted by Crippen LogP contribution is -2.60. The number of nitrogens with zero attached hydrogens (tertiary/aromatic N) is 3. The van der Waals surface area contributed by atoms with Crippen LogP contribution in [-0.4, -0.2) is 82.7 Å². The number of piperidine rings is 1. The molecule has 0 radical (unpaired) electrons. The number of likely N-dealkylation sites (tertiary alicyclic amines) is 1. The molecule has 4 rings (SSSR count). The minimum absolute atomic E-state index is 0.00222. The van der Waals surface area contributed by atoms with E-state index >= 15 is 0 Å². The molecule has 0 saturated carbocycles. The number of hydrogen-bond donors (Lipinski definition) is 2. The maximum absolute atomic E-state index is 14.4. The number of imide groups is 1. The maximum atomic E-state index is 14.4. The first-order chi connectivity index (χ1) is 20.1. The van der Waals surface area contributed by atoms with Gasteiger partial charge in [-0.2, -0.15) is 0 Å². The molecule has 2 fully saturated rings. The number of rotatable bonds is 7. The van der Waals surface area contributed by atoms with Gasteiger partial charge in [0.1, 0.15) is 23.1 Å². The average Bonchev–Trinajstić information content (AvgIpc) is 3.12. The van der Waals surface area contributed by atoms with E-state index in [1.807, 2.05) is 0 Å². The lowest BCUT2D eigenvalue weighted by Gasteiger charge is -2.43. The first kappa shape index (κ1) is 31.3. The number of halogens is 4. The summed E-state index contributed by atoms with van der Waals surface area (Å²) < 4.78 is 56.0. The number of amides is 5. The quantitative estimate of drug-likeness (QED) is 0.362. The summed E-state index contributed by atoms with van der Waals surface area (Å²) in [5.74, 6) is -5.79. The topological polar surface area (TPSA) is 137 Å². The zero-order valence-electron chi connectivity index (χ0n) is 23.3. The van der Waals surface area contributed by atoms with Crippen molar-refractivity contribution in [3.63, 3.8) is 0 Å². The van der Waals surface area contributed by atoms with E-state index in [9.17, 15) is 46.6 Å². The van der Waals surface area contributed by atoms with Crippen molar-refractivity contribution in [1.82, 2.24) is 15.1 Å². The summed E-state index contributed by atoms with van der Waals surface area (Å²) in [4.78, 5) is 67.7. The van der Waals surface area contributed by atoms with Gasteiger partial charge >= 0.3 is 18.4 Å². The van der Waals surface area contributed by atoms with Crippen molar-refractivity contribution in [2.45, 2.75) is 44.6 Å². The van der Waals surface area contributed by atoms with Gasteiger partial charge in [-0.1, -0.05) is 13.8 Å². The number of likely N-dealkylation sites (N-methyl/N-ethyl adjacent to an activating group) is 1. The lowest BCUT2D eigenvalue weighted by atomic mass is 9.85. The summed E-state index contributed by atoms with van der Waals surface area (Å²) in [7, 11) is 1.33. The first-order valence-electron chi connectivity index (χ1n) is 13.2. The van der Waals surface area contributed by atoms with E-state index in [0.29, 0.717) is 23.9 Å². The Hall–Kier alpha value is -4.69. The van der Waals surface area contributed by atoms with Crippen molar-refractivity contribution in [3.05, 3.63) is 59.4 Å². The van der Waals surface area contributed by atoms with E-state index in [1.165, 1.54) is 41.1 Å². The van der Waals surface area contributed by atoms with E-state index < -0.39 is 70.7 Å². The minimum Gasteiger partial charge on any atom is -0.478 e. The lowest BCUT2D eigenvalue weighted by molar-refractivity contribution is -0.274. The number of carboxylic acids is 1. The van der Waals surface area contributed by atoms with Crippen molar-refractivity contribution >= 4 is 35.4 Å². The number of benzene rings is 2. The Labute approximate surface area is 243 Å². The Morgan fingerprint density at radius 2 is 1.63 bits per heavy atom. The van der Waals surface area contributed by atoms with Gasteiger partial charge in [-0.05, 0) is 61.2 Å². The molecule has 2 heterocycles. The van der Waals surface area contributed by atoms with E-state index in [2.05, 4.69) is 10.1 Å². The molecule has 0 aromatic heterocycles. The maximum Gasteiger partial charge on any atom is 0.573 e. The van der Waals surface area contributed by atoms with Crippen LogP contribution in [0.5, 0.6) is 5.75 Å². The van der Waals surface area contributed by atoms with Crippen molar-refractivity contribution in [3.8, 4) is 5.75 Å². The fraction of sp³-hybridized carbons (Fsp3) is 0.393. The number of hydrogen-bond acceptors (Lipinski definition) is 6. The molecular weight excluding hydrogens is 580 g/mol. The summed E-state index contributed by atoms with van der Waals surface area (Å²) in [6.45, 7) is 3.23. The highest BCUT2D eigenvalue weighted by atomic mass is 19.4. The highest BCUT2D eigenvalue weighted by Crippen LogP contribution is 2.40. The fourth-order valence-corrected chi connectivity index (χ4v) is 5.28. The molecule has 2 aliphatic rings. The number of aromatic carboxylic acids is 1. The predicted octanol–water partition coefficient (Wildman–Crippen LogP) is 3.64. The summed E-state index contributed by atoms with van der Waals surface area (Å²) >= 11 is 0. The fourth-order valence-electron chi connectivity index (χ4n) is 5.28. The molecule has 2 aromatic carbocycles. The number of urea groups is 1. The van der Waals surface area contributed by atoms with E-state index in [-0.39, 0.29) is 31.5 Å². The molecule has 43 heavy (non-hydrogen) atoms. The number of nitrogens with one attached hydrogen (secondary N) is 1. The van der Waals surface area contributed by atoms with Gasteiger partial charge in [-0.25, -0.2) is 14.0 Å². The van der Waals surface area contributed by atoms with Crippen LogP contribution in [0, 0.1) is 11.7 Å². The number of ether oxygens (including phenoxy) is 1. The SMILES string of the molecule is CC(C)C(NC(=O)c1cc(OC(F)(F)F)ccc1F)C(=O)N1CCC2(CC1)C(=O)N(C)C(=O)N2c1ccc(C(=O)O)cc1. The molecule has 2 aromatic rings. The summed E-state index contributed by atoms with van der Waals surface area (Å²) in [6.07, 6.45) is -5.01. The zero-order valence-corrected chi connectivity index (χ0v) is 23.3. The second kappa shape index (κ2) is 11.5. The van der Waals surface area contributed by atoms with Gasteiger partial charge < -0.3 is 20.1 Å². The van der Waals surface area contributed by atoms with Crippen LogP contribution in [0.15, 0.2) is 42.5 Å². The molecule has 11 nitrogen and oxygen atoms in total. The molecule has 15 heteroatoms. The predicted molar refractivity (Wildman–Crippen MR) is 142 cm³/mol. The molecule has 1 unspecified atom stereocenters. The third kappa shape index (κ3) is 6.10. The zero-order chi connectivity index (χ0) is 31.9. The molecular formula is C28H28F4N4O7. The first-order valence-corrected chi connectivity index (χ1v) is 13.2.